The van der Waals surface area contributed by atoms with Crippen molar-refractivity contribution >= 4 is 29.2 Å². The number of alkyl halides is 3. The van der Waals surface area contributed by atoms with Crippen molar-refractivity contribution in [2.75, 3.05) is 5.32 Å². The van der Waals surface area contributed by atoms with Crippen LogP contribution in [0.4, 0.5) is 23.7 Å². The number of urea groups is 1. The maximum Gasteiger partial charge on any atom is 0.417 e. The summed E-state index contributed by atoms with van der Waals surface area (Å²) in [5.74, 6) is -0.562. The standard InChI is InChI=1S/C19H19ClF3N3O2/c1-11(2)25-18(28)24-10-12-3-5-13(6-4-12)17(27)26-14-7-8-16(20)15(9-14)19(21,22)23/h3-9,11H,10H2,1-2H3,(H,26,27)(H2,24,25,28). The van der Waals surface area contributed by atoms with Gasteiger partial charge in [0.05, 0.1) is 10.6 Å². The van der Waals surface area contributed by atoms with Gasteiger partial charge in [0.15, 0.2) is 0 Å². The van der Waals surface area contributed by atoms with Crippen LogP contribution in [0.5, 0.6) is 0 Å². The summed E-state index contributed by atoms with van der Waals surface area (Å²) >= 11 is 5.56. The molecule has 0 saturated carbocycles. The van der Waals surface area contributed by atoms with Crippen LogP contribution in [0, 0.1) is 0 Å². The lowest BCUT2D eigenvalue weighted by Gasteiger charge is -2.12. The quantitative estimate of drug-likeness (QED) is 0.657. The molecule has 3 N–H and O–H groups in total. The van der Waals surface area contributed by atoms with Crippen LogP contribution < -0.4 is 16.0 Å². The predicted molar refractivity (Wildman–Crippen MR) is 101 cm³/mol. The highest BCUT2D eigenvalue weighted by Gasteiger charge is 2.33. The number of rotatable bonds is 5. The highest BCUT2D eigenvalue weighted by atomic mass is 35.5. The summed E-state index contributed by atoms with van der Waals surface area (Å²) in [6.45, 7) is 3.95. The fraction of sp³-hybridized carbons (Fsp3) is 0.263. The third-order valence-electron chi connectivity index (χ3n) is 3.62. The zero-order chi connectivity index (χ0) is 20.9. The first kappa shape index (κ1) is 21.6. The largest absolute Gasteiger partial charge is 0.417 e. The maximum absolute atomic E-state index is 12.9. The van der Waals surface area contributed by atoms with Crippen LogP contribution in [0.15, 0.2) is 42.5 Å². The van der Waals surface area contributed by atoms with E-state index in [1.54, 1.807) is 12.1 Å². The number of halogens is 4. The minimum Gasteiger partial charge on any atom is -0.336 e. The molecule has 0 unspecified atom stereocenters. The van der Waals surface area contributed by atoms with E-state index in [1.165, 1.54) is 18.2 Å². The normalized spacial score (nSPS) is 11.2. The van der Waals surface area contributed by atoms with Gasteiger partial charge in [-0.2, -0.15) is 13.2 Å². The second kappa shape index (κ2) is 8.97. The summed E-state index contributed by atoms with van der Waals surface area (Å²) in [6, 6.07) is 9.20. The Morgan fingerprint density at radius 2 is 1.71 bits per heavy atom. The van der Waals surface area contributed by atoms with Gasteiger partial charge in [-0.3, -0.25) is 4.79 Å². The summed E-state index contributed by atoms with van der Waals surface area (Å²) in [5.41, 5.74) is -0.00825. The first-order valence-electron chi connectivity index (χ1n) is 8.37. The topological polar surface area (TPSA) is 70.2 Å². The molecule has 28 heavy (non-hydrogen) atoms. The smallest absolute Gasteiger partial charge is 0.336 e. The number of nitrogens with one attached hydrogen (secondary N) is 3. The van der Waals surface area contributed by atoms with E-state index in [9.17, 15) is 22.8 Å². The van der Waals surface area contributed by atoms with Crippen LogP contribution in [0.25, 0.3) is 0 Å². The third kappa shape index (κ3) is 6.16. The Morgan fingerprint density at radius 1 is 1.07 bits per heavy atom. The minimum absolute atomic E-state index is 0.0109. The number of amides is 3. The Bertz CT molecular complexity index is 852. The molecule has 0 saturated heterocycles. The van der Waals surface area contributed by atoms with Crippen LogP contribution >= 0.6 is 11.6 Å². The van der Waals surface area contributed by atoms with Crippen molar-refractivity contribution in [1.82, 2.24) is 10.6 Å². The highest BCUT2D eigenvalue weighted by Crippen LogP contribution is 2.36. The first-order valence-corrected chi connectivity index (χ1v) is 8.75. The van der Waals surface area contributed by atoms with E-state index in [2.05, 4.69) is 16.0 Å². The molecule has 2 aromatic carbocycles. The lowest BCUT2D eigenvalue weighted by Crippen LogP contribution is -2.39. The molecule has 0 aliphatic heterocycles. The van der Waals surface area contributed by atoms with E-state index in [4.69, 9.17) is 11.6 Å². The van der Waals surface area contributed by atoms with E-state index in [1.807, 2.05) is 13.8 Å². The van der Waals surface area contributed by atoms with E-state index in [0.29, 0.717) is 0 Å². The van der Waals surface area contributed by atoms with E-state index in [0.717, 1.165) is 17.7 Å². The van der Waals surface area contributed by atoms with Gasteiger partial charge in [-0.1, -0.05) is 23.7 Å². The molecule has 150 valence electrons. The molecule has 2 rings (SSSR count). The van der Waals surface area contributed by atoms with Crippen molar-refractivity contribution in [3.63, 3.8) is 0 Å². The van der Waals surface area contributed by atoms with Gasteiger partial charge in [-0.05, 0) is 49.7 Å². The average molecular weight is 414 g/mol. The fourth-order valence-corrected chi connectivity index (χ4v) is 2.52. The zero-order valence-corrected chi connectivity index (χ0v) is 15.9. The van der Waals surface area contributed by atoms with Crippen LogP contribution in [-0.2, 0) is 12.7 Å². The van der Waals surface area contributed by atoms with Gasteiger partial charge >= 0.3 is 12.2 Å². The number of benzene rings is 2. The number of anilines is 1. The minimum atomic E-state index is -4.62. The van der Waals surface area contributed by atoms with Gasteiger partial charge in [0.1, 0.15) is 0 Å². The second-order valence-corrected chi connectivity index (χ2v) is 6.73. The Morgan fingerprint density at radius 3 is 2.29 bits per heavy atom. The molecule has 0 bridgehead atoms. The third-order valence-corrected chi connectivity index (χ3v) is 3.95. The zero-order valence-electron chi connectivity index (χ0n) is 15.2. The SMILES string of the molecule is CC(C)NC(=O)NCc1ccc(C(=O)Nc2ccc(Cl)c(C(F)(F)F)c2)cc1. The van der Waals surface area contributed by atoms with Gasteiger partial charge in [0.2, 0.25) is 0 Å². The summed E-state index contributed by atoms with van der Waals surface area (Å²) in [6.07, 6.45) is -4.62. The van der Waals surface area contributed by atoms with Crippen LogP contribution in [0.3, 0.4) is 0 Å². The summed E-state index contributed by atoms with van der Waals surface area (Å²) in [5, 5.41) is 7.33. The van der Waals surface area contributed by atoms with Crippen molar-refractivity contribution in [2.24, 2.45) is 0 Å². The second-order valence-electron chi connectivity index (χ2n) is 6.33. The molecule has 3 amide bonds. The number of carbonyl (C=O) groups excluding carboxylic acids is 2. The number of hydrogen-bond donors (Lipinski definition) is 3. The van der Waals surface area contributed by atoms with E-state index >= 15 is 0 Å². The molecule has 0 aromatic heterocycles. The van der Waals surface area contributed by atoms with Gasteiger partial charge in [0, 0.05) is 23.8 Å². The van der Waals surface area contributed by atoms with Gasteiger partial charge < -0.3 is 16.0 Å². The van der Waals surface area contributed by atoms with Gasteiger partial charge in [-0.15, -0.1) is 0 Å². The Kier molecular flexibility index (Phi) is 6.90. The Balaban J connectivity index is 2.01. The Labute approximate surface area is 165 Å². The van der Waals surface area contributed by atoms with Crippen LogP contribution in [-0.4, -0.2) is 18.0 Å². The molecule has 2 aromatic rings. The number of hydrogen-bond acceptors (Lipinski definition) is 2. The lowest BCUT2D eigenvalue weighted by atomic mass is 10.1. The van der Waals surface area contributed by atoms with Crippen molar-refractivity contribution in [2.45, 2.75) is 32.6 Å². The summed E-state index contributed by atoms with van der Waals surface area (Å²) in [7, 11) is 0. The molecule has 0 fully saturated rings. The molecular formula is C19H19ClF3N3O2. The fourth-order valence-electron chi connectivity index (χ4n) is 2.29. The first-order chi connectivity index (χ1) is 13.1. The summed E-state index contributed by atoms with van der Waals surface area (Å²) in [4.78, 5) is 23.8. The van der Waals surface area contributed by atoms with E-state index in [-0.39, 0.29) is 29.9 Å². The molecule has 5 nitrogen and oxygen atoms in total. The summed E-state index contributed by atoms with van der Waals surface area (Å²) < 4.78 is 38.7. The molecular weight excluding hydrogens is 395 g/mol. The predicted octanol–water partition coefficient (Wildman–Crippen LogP) is 4.82. The van der Waals surface area contributed by atoms with E-state index < -0.39 is 22.7 Å². The van der Waals surface area contributed by atoms with Crippen molar-refractivity contribution < 1.29 is 22.8 Å². The van der Waals surface area contributed by atoms with Crippen molar-refractivity contribution in [3.05, 3.63) is 64.2 Å². The number of carbonyl (C=O) groups is 2. The monoisotopic (exact) mass is 413 g/mol. The molecule has 0 spiro atoms. The lowest BCUT2D eigenvalue weighted by molar-refractivity contribution is -0.137. The average Bonchev–Trinajstić information content (AvgIpc) is 2.60. The molecule has 9 heteroatoms. The van der Waals surface area contributed by atoms with Crippen molar-refractivity contribution in [3.8, 4) is 0 Å². The maximum atomic E-state index is 12.9. The van der Waals surface area contributed by atoms with Crippen LogP contribution in [0.1, 0.15) is 35.3 Å². The van der Waals surface area contributed by atoms with Crippen molar-refractivity contribution in [1.29, 1.82) is 0 Å². The molecule has 0 aliphatic carbocycles. The molecule has 0 atom stereocenters. The van der Waals surface area contributed by atoms with Gasteiger partial charge in [0.25, 0.3) is 5.91 Å². The van der Waals surface area contributed by atoms with Crippen LogP contribution in [0.2, 0.25) is 5.02 Å². The molecule has 0 radical (unpaired) electrons. The molecule has 0 heterocycles. The molecule has 0 aliphatic rings. The van der Waals surface area contributed by atoms with Gasteiger partial charge in [-0.25, -0.2) is 4.79 Å². The highest BCUT2D eigenvalue weighted by molar-refractivity contribution is 6.31. The Hall–Kier alpha value is -2.74.